The Morgan fingerprint density at radius 1 is 1.00 bits per heavy atom. The van der Waals surface area contributed by atoms with Crippen LogP contribution in [0.15, 0.2) is 58.9 Å². The van der Waals surface area contributed by atoms with E-state index in [-0.39, 0.29) is 16.8 Å². The minimum Gasteiger partial charge on any atom is -0.478 e. The first-order chi connectivity index (χ1) is 15.7. The average molecular weight is 449 g/mol. The maximum Gasteiger partial charge on any atom is 0.337 e. The number of hydrogen-bond donors (Lipinski definition) is 5. The summed E-state index contributed by atoms with van der Waals surface area (Å²) in [4.78, 5) is 34.9. The third-order valence-electron chi connectivity index (χ3n) is 4.73. The number of carboxylic acids is 2. The fourth-order valence-electron chi connectivity index (χ4n) is 3.13. The first kappa shape index (κ1) is 24.8. The molecule has 0 aliphatic heterocycles. The van der Waals surface area contributed by atoms with Crippen LogP contribution in [-0.4, -0.2) is 40.0 Å². The predicted molar refractivity (Wildman–Crippen MR) is 123 cm³/mol. The second-order valence-electron chi connectivity index (χ2n) is 7.08. The smallest absolute Gasteiger partial charge is 0.337 e. The Morgan fingerprint density at radius 3 is 2.18 bits per heavy atom. The first-order valence-electron chi connectivity index (χ1n) is 9.88. The Bertz CT molecular complexity index is 1150. The molecule has 0 saturated heterocycles. The molecule has 0 spiro atoms. The molecular weight excluding hydrogens is 426 g/mol. The van der Waals surface area contributed by atoms with Crippen molar-refractivity contribution in [3.05, 3.63) is 76.4 Å². The van der Waals surface area contributed by atoms with Gasteiger partial charge in [-0.1, -0.05) is 23.4 Å². The number of nitrogens with zero attached hydrogens (tertiary/aromatic N) is 2. The molecular formula is C23H23N5O5. The Balaban J connectivity index is 2.08. The molecule has 10 heteroatoms. The molecule has 0 heterocycles. The summed E-state index contributed by atoms with van der Waals surface area (Å²) in [7, 11) is 0. The van der Waals surface area contributed by atoms with Gasteiger partial charge in [0.1, 0.15) is 5.71 Å². The van der Waals surface area contributed by atoms with Crippen LogP contribution in [0.25, 0.3) is 0 Å². The van der Waals surface area contributed by atoms with E-state index in [1.807, 2.05) is 6.07 Å². The van der Waals surface area contributed by atoms with Crippen LogP contribution in [0.4, 0.5) is 5.69 Å². The van der Waals surface area contributed by atoms with E-state index < -0.39 is 23.6 Å². The lowest BCUT2D eigenvalue weighted by Gasteiger charge is -2.11. The van der Waals surface area contributed by atoms with Gasteiger partial charge in [0.15, 0.2) is 0 Å². The van der Waals surface area contributed by atoms with Crippen LogP contribution in [0.1, 0.15) is 43.8 Å². The largest absolute Gasteiger partial charge is 0.478 e. The number of benzene rings is 2. The van der Waals surface area contributed by atoms with Gasteiger partial charge in [-0.15, -0.1) is 5.10 Å². The molecule has 170 valence electrons. The predicted octanol–water partition coefficient (Wildman–Crippen LogP) is 4.10. The number of carboxylic acid groups (broad SMARTS) is 2. The van der Waals surface area contributed by atoms with Crippen molar-refractivity contribution in [3.8, 4) is 0 Å². The third kappa shape index (κ3) is 7.31. The molecule has 0 aliphatic rings. The summed E-state index contributed by atoms with van der Waals surface area (Å²) in [6.07, 6.45) is 5.57. The highest BCUT2D eigenvalue weighted by molar-refractivity contribution is 6.46. The second kappa shape index (κ2) is 11.8. The number of carbonyl (C=O) groups is 3. The lowest BCUT2D eigenvalue weighted by molar-refractivity contribution is -0.110. The normalized spacial score (nSPS) is 10.9. The Hall–Kier alpha value is -4.47. The maximum atomic E-state index is 12.2. The fraction of sp³-hybridized carbons (Fsp3) is 0.174. The molecule has 2 rings (SSSR count). The van der Waals surface area contributed by atoms with Gasteiger partial charge in [-0.3, -0.25) is 10.2 Å². The number of nitrogens with one attached hydrogen (secondary N) is 3. The number of rotatable bonds is 11. The first-order valence-corrected chi connectivity index (χ1v) is 9.88. The number of carbonyl (C=O) groups excluding carboxylic acids is 1. The van der Waals surface area contributed by atoms with Gasteiger partial charge in [-0.05, 0) is 73.2 Å². The minimum absolute atomic E-state index is 0.0830. The molecule has 0 aromatic heterocycles. The van der Waals surface area contributed by atoms with Crippen LogP contribution in [0.5, 0.6) is 0 Å². The van der Waals surface area contributed by atoms with Crippen LogP contribution in [0, 0.1) is 17.9 Å². The van der Waals surface area contributed by atoms with Crippen molar-refractivity contribution in [2.24, 2.45) is 10.3 Å². The highest BCUT2D eigenvalue weighted by atomic mass is 16.4. The minimum atomic E-state index is -1.21. The zero-order valence-corrected chi connectivity index (χ0v) is 17.8. The van der Waals surface area contributed by atoms with Gasteiger partial charge in [0, 0.05) is 0 Å². The van der Waals surface area contributed by atoms with E-state index >= 15 is 0 Å². The van der Waals surface area contributed by atoms with E-state index in [0.717, 1.165) is 29.8 Å². The Morgan fingerprint density at radius 2 is 1.61 bits per heavy atom. The van der Waals surface area contributed by atoms with Crippen molar-refractivity contribution in [3.63, 3.8) is 0 Å². The van der Waals surface area contributed by atoms with Crippen molar-refractivity contribution >= 4 is 35.5 Å². The second-order valence-corrected chi connectivity index (χ2v) is 7.08. The summed E-state index contributed by atoms with van der Waals surface area (Å²) in [5.74, 6) is -2.97. The van der Waals surface area contributed by atoms with Crippen LogP contribution < -0.4 is 5.32 Å². The summed E-state index contributed by atoms with van der Waals surface area (Å²) in [5, 5.41) is 34.7. The molecule has 2 aromatic carbocycles. The zero-order chi connectivity index (χ0) is 24.4. The van der Waals surface area contributed by atoms with Crippen LogP contribution in [0.3, 0.4) is 0 Å². The summed E-state index contributed by atoms with van der Waals surface area (Å²) in [6, 6.07) is 9.84. The van der Waals surface area contributed by atoms with Crippen LogP contribution in [0.2, 0.25) is 0 Å². The average Bonchev–Trinajstić information content (AvgIpc) is 2.76. The monoisotopic (exact) mass is 449 g/mol. The van der Waals surface area contributed by atoms with Crippen LogP contribution in [-0.2, 0) is 17.6 Å². The van der Waals surface area contributed by atoms with Crippen molar-refractivity contribution in [2.45, 2.75) is 26.2 Å². The quantitative estimate of drug-likeness (QED) is 0.197. The van der Waals surface area contributed by atoms with Gasteiger partial charge in [0.05, 0.1) is 23.0 Å². The Labute approximate surface area is 189 Å². The third-order valence-corrected chi connectivity index (χ3v) is 4.73. The van der Waals surface area contributed by atoms with Gasteiger partial charge < -0.3 is 15.5 Å². The fourth-order valence-corrected chi connectivity index (χ4v) is 3.13. The number of aromatic carboxylic acids is 2. The van der Waals surface area contributed by atoms with Gasteiger partial charge in [-0.2, -0.15) is 5.53 Å². The van der Waals surface area contributed by atoms with Crippen LogP contribution >= 0.6 is 0 Å². The number of anilines is 1. The maximum absolute atomic E-state index is 12.2. The molecule has 0 radical (unpaired) electrons. The number of hydrogen-bond acceptors (Lipinski definition) is 6. The molecule has 5 N–H and O–H groups in total. The zero-order valence-electron chi connectivity index (χ0n) is 17.8. The van der Waals surface area contributed by atoms with E-state index in [2.05, 4.69) is 15.6 Å². The Kier molecular flexibility index (Phi) is 8.86. The number of aryl methyl sites for hydroxylation is 3. The molecule has 0 fully saturated rings. The molecule has 0 atom stereocenters. The summed E-state index contributed by atoms with van der Waals surface area (Å²) < 4.78 is 0. The van der Waals surface area contributed by atoms with Gasteiger partial charge in [0.25, 0.3) is 5.91 Å². The topological polar surface area (TPSA) is 176 Å². The van der Waals surface area contributed by atoms with E-state index in [9.17, 15) is 19.5 Å². The van der Waals surface area contributed by atoms with E-state index in [4.69, 9.17) is 16.0 Å². The molecule has 2 aromatic rings. The van der Waals surface area contributed by atoms with Crippen molar-refractivity contribution in [1.82, 2.24) is 0 Å². The molecule has 0 saturated carbocycles. The lowest BCUT2D eigenvalue weighted by Crippen LogP contribution is -2.22. The van der Waals surface area contributed by atoms with E-state index in [1.54, 1.807) is 31.2 Å². The van der Waals surface area contributed by atoms with Crippen molar-refractivity contribution in [1.29, 1.82) is 10.9 Å². The van der Waals surface area contributed by atoms with E-state index in [0.29, 0.717) is 18.4 Å². The lowest BCUT2D eigenvalue weighted by atomic mass is 9.99. The number of allylic oxidation sites excluding steroid dienone is 1. The molecule has 1 amide bonds. The van der Waals surface area contributed by atoms with Gasteiger partial charge >= 0.3 is 11.9 Å². The highest BCUT2D eigenvalue weighted by Gasteiger charge is 2.15. The molecule has 10 nitrogen and oxygen atoms in total. The molecule has 0 aliphatic carbocycles. The summed E-state index contributed by atoms with van der Waals surface area (Å²) >= 11 is 0. The van der Waals surface area contributed by atoms with Crippen molar-refractivity contribution < 1.29 is 24.6 Å². The molecule has 0 bridgehead atoms. The van der Waals surface area contributed by atoms with Crippen molar-refractivity contribution in [2.75, 3.05) is 5.32 Å². The summed E-state index contributed by atoms with van der Waals surface area (Å²) in [5.41, 5.74) is 8.84. The number of amides is 1. The standard InChI is InChI=1S/C23H23N5O5/c1-14-12-15(7-9-17(14)22(30)31)4-2-5-16-8-10-18(23(32)33)20(13-16)27-21(29)19(24)6-3-11-26-28-25/h3,6-13,24-25H,2,4-5H2,1H3,(H,27,29)(H,30,31)(H,32,33)/b6-3-,24-19?,26-11+,28-25?. The molecule has 33 heavy (non-hydrogen) atoms. The van der Waals surface area contributed by atoms with Gasteiger partial charge in [-0.25, -0.2) is 9.59 Å². The highest BCUT2D eigenvalue weighted by Crippen LogP contribution is 2.20. The van der Waals surface area contributed by atoms with Gasteiger partial charge in [0.2, 0.25) is 0 Å². The molecule has 0 unspecified atom stereocenters. The van der Waals surface area contributed by atoms with E-state index in [1.165, 1.54) is 12.1 Å². The summed E-state index contributed by atoms with van der Waals surface area (Å²) in [6.45, 7) is 1.75. The SMILES string of the molecule is Cc1cc(CCCc2ccc(C(=O)O)c(NC(=O)C(=N)/C=C\C=N\N=N)c2)ccc1C(=O)O.